The fourth-order valence-corrected chi connectivity index (χ4v) is 4.23. The standard InChI is InChI=1S/C28H22FN9O.C2HF3O2/c29-21-13-20(14-24(15-21)37-9-11-39-12-10-37)25-7-8-31-28(35-25)34-22-2-4-23(5-3-22)38-18-33-27(36-38)26-6-1-19(16-30)17-32-26;3-2(4,5)1(6)7/h1-8,13-15,17-18H,9-12H2,(H,31,34,35);(H,6,7). The monoisotopic (exact) mass is 633 g/mol. The van der Waals surface area contributed by atoms with E-state index in [1.165, 1.54) is 18.3 Å². The number of hydrogen-bond donors (Lipinski definition) is 2. The summed E-state index contributed by atoms with van der Waals surface area (Å²) in [6, 6.07) is 19.7. The molecule has 16 heteroatoms. The molecule has 0 aliphatic carbocycles. The molecule has 0 radical (unpaired) electrons. The highest BCUT2D eigenvalue weighted by Crippen LogP contribution is 2.27. The molecule has 0 atom stereocenters. The van der Waals surface area contributed by atoms with Crippen LogP contribution < -0.4 is 10.2 Å². The minimum Gasteiger partial charge on any atom is -0.475 e. The van der Waals surface area contributed by atoms with Gasteiger partial charge in [-0.1, -0.05) is 0 Å². The number of hydrogen-bond acceptors (Lipinski definition) is 10. The maximum Gasteiger partial charge on any atom is 0.490 e. The number of nitrogens with zero attached hydrogens (tertiary/aromatic N) is 8. The van der Waals surface area contributed by atoms with Crippen molar-refractivity contribution in [1.82, 2.24) is 29.7 Å². The van der Waals surface area contributed by atoms with Gasteiger partial charge in [-0.05, 0) is 60.7 Å². The predicted octanol–water partition coefficient (Wildman–Crippen LogP) is 5.01. The molecule has 2 N–H and O–H groups in total. The van der Waals surface area contributed by atoms with E-state index in [1.807, 2.05) is 36.4 Å². The Kier molecular flexibility index (Phi) is 9.43. The van der Waals surface area contributed by atoms with E-state index in [0.717, 1.165) is 30.2 Å². The Morgan fingerprint density at radius 1 is 0.957 bits per heavy atom. The van der Waals surface area contributed by atoms with Crippen LogP contribution in [0.4, 0.5) is 34.9 Å². The van der Waals surface area contributed by atoms with Gasteiger partial charge in [0, 0.05) is 42.4 Å². The lowest BCUT2D eigenvalue weighted by atomic mass is 10.1. The Hall–Kier alpha value is -5.95. The quantitative estimate of drug-likeness (QED) is 0.243. The third-order valence-corrected chi connectivity index (χ3v) is 6.45. The number of halogens is 4. The van der Waals surface area contributed by atoms with Gasteiger partial charge in [0.1, 0.15) is 23.9 Å². The number of carbonyl (C=O) groups is 1. The highest BCUT2D eigenvalue weighted by atomic mass is 19.4. The van der Waals surface area contributed by atoms with E-state index in [0.29, 0.717) is 47.5 Å². The molecule has 1 aliphatic rings. The number of rotatable bonds is 6. The molecule has 0 spiro atoms. The number of benzene rings is 2. The number of aliphatic carboxylic acids is 1. The number of alkyl halides is 3. The summed E-state index contributed by atoms with van der Waals surface area (Å²) in [5, 5.41) is 23.8. The molecule has 0 bridgehead atoms. The summed E-state index contributed by atoms with van der Waals surface area (Å²) in [5.41, 5.74) is 4.74. The molecular weight excluding hydrogens is 610 g/mol. The average Bonchev–Trinajstić information content (AvgIpc) is 3.56. The molecule has 4 heterocycles. The molecule has 0 amide bonds. The fourth-order valence-electron chi connectivity index (χ4n) is 4.23. The van der Waals surface area contributed by atoms with Crippen LogP contribution in [0.5, 0.6) is 0 Å². The van der Waals surface area contributed by atoms with Gasteiger partial charge in [-0.2, -0.15) is 18.4 Å². The molecule has 5 aromatic rings. The zero-order valence-electron chi connectivity index (χ0n) is 23.7. The SMILES string of the molecule is N#Cc1ccc(-c2ncn(-c3ccc(Nc4nccc(-c5cc(F)cc(N6CCOCC6)c5)n4)cc3)n2)nc1.O=C(O)C(F)(F)F. The van der Waals surface area contributed by atoms with Crippen molar-refractivity contribution in [1.29, 1.82) is 5.26 Å². The molecule has 0 saturated carbocycles. The van der Waals surface area contributed by atoms with E-state index in [-0.39, 0.29) is 5.82 Å². The first-order valence-corrected chi connectivity index (χ1v) is 13.5. The van der Waals surface area contributed by atoms with Crippen LogP contribution in [0.3, 0.4) is 0 Å². The van der Waals surface area contributed by atoms with E-state index in [9.17, 15) is 17.6 Å². The van der Waals surface area contributed by atoms with E-state index >= 15 is 0 Å². The predicted molar refractivity (Wildman–Crippen MR) is 157 cm³/mol. The molecule has 2 aromatic carbocycles. The normalized spacial score (nSPS) is 12.9. The number of anilines is 3. The molecule has 234 valence electrons. The van der Waals surface area contributed by atoms with Crippen molar-refractivity contribution in [3.63, 3.8) is 0 Å². The minimum atomic E-state index is -5.08. The number of aromatic nitrogens is 6. The van der Waals surface area contributed by atoms with Crippen molar-refractivity contribution < 1.29 is 32.2 Å². The first-order chi connectivity index (χ1) is 22.1. The number of pyridine rings is 1. The van der Waals surface area contributed by atoms with Crippen LogP contribution in [0.1, 0.15) is 5.56 Å². The zero-order valence-corrected chi connectivity index (χ0v) is 23.7. The van der Waals surface area contributed by atoms with Crippen LogP contribution >= 0.6 is 0 Å². The minimum absolute atomic E-state index is 0.316. The van der Waals surface area contributed by atoms with Crippen molar-refractivity contribution in [2.24, 2.45) is 0 Å². The van der Waals surface area contributed by atoms with Gasteiger partial charge in [-0.3, -0.25) is 4.98 Å². The van der Waals surface area contributed by atoms with Gasteiger partial charge in [0.25, 0.3) is 0 Å². The van der Waals surface area contributed by atoms with Crippen LogP contribution in [-0.2, 0) is 9.53 Å². The molecular formula is C30H23F4N9O3. The van der Waals surface area contributed by atoms with Crippen molar-refractivity contribution in [3.8, 4) is 34.5 Å². The molecule has 6 rings (SSSR count). The van der Waals surface area contributed by atoms with Gasteiger partial charge in [-0.25, -0.2) is 28.8 Å². The van der Waals surface area contributed by atoms with Crippen molar-refractivity contribution >= 4 is 23.3 Å². The Bertz CT molecular complexity index is 1850. The number of nitrogens with one attached hydrogen (secondary N) is 1. The van der Waals surface area contributed by atoms with Crippen LogP contribution in [-0.4, -0.2) is 73.3 Å². The van der Waals surface area contributed by atoms with Crippen molar-refractivity contribution in [2.75, 3.05) is 36.5 Å². The van der Waals surface area contributed by atoms with Crippen LogP contribution in [0.2, 0.25) is 0 Å². The number of carboxylic acid groups (broad SMARTS) is 1. The van der Waals surface area contributed by atoms with Crippen molar-refractivity contribution in [3.05, 3.63) is 90.8 Å². The van der Waals surface area contributed by atoms with Gasteiger partial charge in [0.2, 0.25) is 5.95 Å². The lowest BCUT2D eigenvalue weighted by molar-refractivity contribution is -0.192. The smallest absolute Gasteiger partial charge is 0.475 e. The number of carboxylic acids is 1. The first-order valence-electron chi connectivity index (χ1n) is 13.5. The largest absolute Gasteiger partial charge is 0.490 e. The molecule has 1 saturated heterocycles. The third kappa shape index (κ3) is 7.95. The molecule has 3 aromatic heterocycles. The average molecular weight is 634 g/mol. The van der Waals surface area contributed by atoms with Crippen LogP contribution in [0.25, 0.3) is 28.5 Å². The molecule has 46 heavy (non-hydrogen) atoms. The summed E-state index contributed by atoms with van der Waals surface area (Å²) >= 11 is 0. The summed E-state index contributed by atoms with van der Waals surface area (Å²) in [4.78, 5) is 28.5. The Morgan fingerprint density at radius 3 is 2.35 bits per heavy atom. The van der Waals surface area contributed by atoms with E-state index in [4.69, 9.17) is 19.9 Å². The van der Waals surface area contributed by atoms with Gasteiger partial charge < -0.3 is 20.1 Å². The van der Waals surface area contributed by atoms with E-state index in [2.05, 4.69) is 35.3 Å². The highest BCUT2D eigenvalue weighted by molar-refractivity contribution is 5.73. The molecule has 1 aliphatic heterocycles. The zero-order chi connectivity index (χ0) is 32.7. The fraction of sp³-hybridized carbons (Fsp3) is 0.167. The number of morpholine rings is 1. The Morgan fingerprint density at radius 2 is 1.70 bits per heavy atom. The van der Waals surface area contributed by atoms with Crippen LogP contribution in [0, 0.1) is 17.1 Å². The summed E-state index contributed by atoms with van der Waals surface area (Å²) in [5.74, 6) is -2.22. The lowest BCUT2D eigenvalue weighted by Crippen LogP contribution is -2.36. The molecule has 12 nitrogen and oxygen atoms in total. The summed E-state index contributed by atoms with van der Waals surface area (Å²) in [7, 11) is 0. The summed E-state index contributed by atoms with van der Waals surface area (Å²) in [6.45, 7) is 2.69. The van der Waals surface area contributed by atoms with Crippen LogP contribution in [0.15, 0.2) is 79.4 Å². The second-order valence-corrected chi connectivity index (χ2v) is 9.59. The van der Waals surface area contributed by atoms with E-state index in [1.54, 1.807) is 35.4 Å². The lowest BCUT2D eigenvalue weighted by Gasteiger charge is -2.29. The maximum absolute atomic E-state index is 14.5. The van der Waals surface area contributed by atoms with Gasteiger partial charge >= 0.3 is 12.1 Å². The number of nitriles is 1. The number of ether oxygens (including phenoxy) is 1. The second kappa shape index (κ2) is 13.8. The van der Waals surface area contributed by atoms with Gasteiger partial charge in [0.05, 0.1) is 30.2 Å². The topological polar surface area (TPSA) is 155 Å². The molecule has 1 fully saturated rings. The van der Waals surface area contributed by atoms with Gasteiger partial charge in [-0.15, -0.1) is 5.10 Å². The second-order valence-electron chi connectivity index (χ2n) is 9.59. The Balaban J connectivity index is 0.000000537. The van der Waals surface area contributed by atoms with E-state index < -0.39 is 12.1 Å². The van der Waals surface area contributed by atoms with Gasteiger partial charge in [0.15, 0.2) is 5.82 Å². The molecule has 0 unspecified atom stereocenters. The highest BCUT2D eigenvalue weighted by Gasteiger charge is 2.38. The maximum atomic E-state index is 14.5. The Labute approximate surface area is 258 Å². The third-order valence-electron chi connectivity index (χ3n) is 6.45. The first kappa shape index (κ1) is 31.5. The van der Waals surface area contributed by atoms with Crippen molar-refractivity contribution in [2.45, 2.75) is 6.18 Å². The summed E-state index contributed by atoms with van der Waals surface area (Å²) in [6.07, 6.45) is -0.341. The summed E-state index contributed by atoms with van der Waals surface area (Å²) < 4.78 is 53.3.